The summed E-state index contributed by atoms with van der Waals surface area (Å²) in [7, 11) is 1.31. The molecule has 5 rings (SSSR count). The first-order chi connectivity index (χ1) is 14.5. The third-order valence-electron chi connectivity index (χ3n) is 7.43. The van der Waals surface area contributed by atoms with Gasteiger partial charge in [-0.1, -0.05) is 55.0 Å². The normalized spacial score (nSPS) is 25.5. The Morgan fingerprint density at radius 2 is 1.67 bits per heavy atom. The summed E-state index contributed by atoms with van der Waals surface area (Å²) in [5.74, 6) is -0.567. The molecule has 30 heavy (non-hydrogen) atoms. The molecule has 3 aliphatic rings. The average molecular weight is 407 g/mol. The molecule has 3 aliphatic carbocycles. The van der Waals surface area contributed by atoms with E-state index in [2.05, 4.69) is 29.6 Å². The van der Waals surface area contributed by atoms with Gasteiger partial charge in [0.25, 0.3) is 0 Å². The van der Waals surface area contributed by atoms with Gasteiger partial charge in [-0.3, -0.25) is 0 Å². The summed E-state index contributed by atoms with van der Waals surface area (Å²) in [6.45, 7) is 0.173. The standard InChI is InChI=1S/C24H25NO5/c1-29-21(27)24(13-20(26)23(24)11-6-12-23)25-22(28)30-14-19-17-9-4-2-7-15(17)16-8-3-5-10-18(16)19/h2-5,7-10,19-20,26H,6,11-14H2,1H3,(H,25,28)/t20-,24+/m0/s1. The molecule has 0 radical (unpaired) electrons. The quantitative estimate of drug-likeness (QED) is 0.759. The molecule has 0 aromatic heterocycles. The molecular weight excluding hydrogens is 382 g/mol. The Morgan fingerprint density at radius 1 is 1.07 bits per heavy atom. The maximum Gasteiger partial charge on any atom is 0.408 e. The molecule has 156 valence electrons. The number of amides is 1. The van der Waals surface area contributed by atoms with Crippen molar-refractivity contribution in [3.63, 3.8) is 0 Å². The number of ether oxygens (including phenoxy) is 2. The van der Waals surface area contributed by atoms with Crippen LogP contribution >= 0.6 is 0 Å². The van der Waals surface area contributed by atoms with Crippen LogP contribution in [-0.2, 0) is 14.3 Å². The smallest absolute Gasteiger partial charge is 0.408 e. The van der Waals surface area contributed by atoms with Gasteiger partial charge in [-0.15, -0.1) is 0 Å². The van der Waals surface area contributed by atoms with E-state index >= 15 is 0 Å². The third-order valence-corrected chi connectivity index (χ3v) is 7.43. The van der Waals surface area contributed by atoms with Crippen molar-refractivity contribution in [2.45, 2.75) is 43.2 Å². The molecule has 1 amide bonds. The van der Waals surface area contributed by atoms with Crippen molar-refractivity contribution in [2.75, 3.05) is 13.7 Å². The van der Waals surface area contributed by atoms with E-state index in [0.29, 0.717) is 12.8 Å². The first-order valence-electron chi connectivity index (χ1n) is 10.4. The van der Waals surface area contributed by atoms with Gasteiger partial charge in [-0.25, -0.2) is 9.59 Å². The van der Waals surface area contributed by atoms with Gasteiger partial charge in [-0.2, -0.15) is 0 Å². The zero-order valence-corrected chi connectivity index (χ0v) is 16.9. The van der Waals surface area contributed by atoms with Crippen LogP contribution in [0.25, 0.3) is 11.1 Å². The molecule has 0 heterocycles. The topological polar surface area (TPSA) is 84.9 Å². The minimum atomic E-state index is -1.21. The summed E-state index contributed by atoms with van der Waals surface area (Å²) in [6.07, 6.45) is 1.19. The SMILES string of the molecule is COC(=O)[C@]1(NC(=O)OCC2c3ccccc3-c3ccccc32)C[C@H](O)C12CCC2. The lowest BCUT2D eigenvalue weighted by Crippen LogP contribution is -2.79. The maximum absolute atomic E-state index is 12.8. The number of esters is 1. The first-order valence-corrected chi connectivity index (χ1v) is 10.4. The molecule has 2 saturated carbocycles. The molecule has 0 bridgehead atoms. The van der Waals surface area contributed by atoms with Gasteiger partial charge in [0, 0.05) is 17.8 Å². The average Bonchev–Trinajstić information content (AvgIpc) is 3.03. The summed E-state index contributed by atoms with van der Waals surface area (Å²) in [6, 6.07) is 16.3. The Balaban J connectivity index is 1.34. The Morgan fingerprint density at radius 3 is 2.17 bits per heavy atom. The van der Waals surface area contributed by atoms with E-state index in [1.54, 1.807) is 0 Å². The fourth-order valence-corrected chi connectivity index (χ4v) is 5.66. The highest BCUT2D eigenvalue weighted by atomic mass is 16.6. The van der Waals surface area contributed by atoms with E-state index in [1.165, 1.54) is 7.11 Å². The second kappa shape index (κ2) is 6.84. The summed E-state index contributed by atoms with van der Waals surface area (Å²) in [5.41, 5.74) is 2.73. The maximum atomic E-state index is 12.8. The number of aliphatic hydroxyl groups is 1. The second-order valence-corrected chi connectivity index (χ2v) is 8.58. The number of methoxy groups -OCH3 is 1. The number of alkyl carbamates (subject to hydrolysis) is 1. The summed E-state index contributed by atoms with van der Waals surface area (Å²) < 4.78 is 10.6. The molecule has 2 aromatic carbocycles. The fourth-order valence-electron chi connectivity index (χ4n) is 5.66. The molecule has 0 aliphatic heterocycles. The van der Waals surface area contributed by atoms with E-state index in [0.717, 1.165) is 28.7 Å². The number of fused-ring (bicyclic) bond motifs is 3. The molecule has 2 N–H and O–H groups in total. The summed E-state index contributed by atoms with van der Waals surface area (Å²) in [4.78, 5) is 25.4. The number of rotatable bonds is 4. The van der Waals surface area contributed by atoms with Crippen LogP contribution in [0.5, 0.6) is 0 Å². The van der Waals surface area contributed by atoms with Crippen molar-refractivity contribution in [2.24, 2.45) is 5.41 Å². The minimum Gasteiger partial charge on any atom is -0.467 e. The lowest BCUT2D eigenvalue weighted by Gasteiger charge is -2.64. The van der Waals surface area contributed by atoms with Gasteiger partial charge >= 0.3 is 12.1 Å². The third kappa shape index (κ3) is 2.46. The zero-order chi connectivity index (χ0) is 20.9. The van der Waals surface area contributed by atoms with Gasteiger partial charge < -0.3 is 19.9 Å². The lowest BCUT2D eigenvalue weighted by molar-refractivity contribution is -0.214. The monoisotopic (exact) mass is 407 g/mol. The Hall–Kier alpha value is -2.86. The zero-order valence-electron chi connectivity index (χ0n) is 16.9. The van der Waals surface area contributed by atoms with Crippen molar-refractivity contribution in [1.82, 2.24) is 5.32 Å². The number of hydrogen-bond donors (Lipinski definition) is 2. The summed E-state index contributed by atoms with van der Waals surface area (Å²) >= 11 is 0. The molecule has 2 atom stereocenters. The highest BCUT2D eigenvalue weighted by Crippen LogP contribution is 2.62. The van der Waals surface area contributed by atoms with Gasteiger partial charge in [0.2, 0.25) is 0 Å². The Kier molecular flexibility index (Phi) is 4.36. The van der Waals surface area contributed by atoms with E-state index in [4.69, 9.17) is 9.47 Å². The Bertz CT molecular complexity index is 969. The first kappa shape index (κ1) is 19.1. The fraction of sp³-hybridized carbons (Fsp3) is 0.417. The van der Waals surface area contributed by atoms with Crippen LogP contribution in [0.2, 0.25) is 0 Å². The van der Waals surface area contributed by atoms with Crippen LogP contribution < -0.4 is 5.32 Å². The highest BCUT2D eigenvalue weighted by molar-refractivity contribution is 5.89. The summed E-state index contributed by atoms with van der Waals surface area (Å²) in [5, 5.41) is 13.1. The van der Waals surface area contributed by atoms with Gasteiger partial charge in [0.1, 0.15) is 6.61 Å². The predicted molar refractivity (Wildman–Crippen MR) is 110 cm³/mol. The van der Waals surface area contributed by atoms with Crippen LogP contribution in [0.4, 0.5) is 4.79 Å². The second-order valence-electron chi connectivity index (χ2n) is 8.58. The molecular formula is C24H25NO5. The number of aliphatic hydroxyl groups excluding tert-OH is 1. The van der Waals surface area contributed by atoms with E-state index < -0.39 is 29.1 Å². The van der Waals surface area contributed by atoms with Crippen molar-refractivity contribution in [1.29, 1.82) is 0 Å². The van der Waals surface area contributed by atoms with Gasteiger partial charge in [0.05, 0.1) is 13.2 Å². The van der Waals surface area contributed by atoms with Crippen molar-refractivity contribution in [3.8, 4) is 11.1 Å². The Labute approximate surface area is 175 Å². The molecule has 0 saturated heterocycles. The number of benzene rings is 2. The molecule has 2 aromatic rings. The molecule has 2 fully saturated rings. The molecule has 6 nitrogen and oxygen atoms in total. The number of hydrogen-bond acceptors (Lipinski definition) is 5. The largest absolute Gasteiger partial charge is 0.467 e. The number of nitrogens with one attached hydrogen (secondary N) is 1. The van der Waals surface area contributed by atoms with Crippen molar-refractivity contribution >= 4 is 12.1 Å². The lowest BCUT2D eigenvalue weighted by atomic mass is 9.43. The molecule has 0 unspecified atom stereocenters. The van der Waals surface area contributed by atoms with E-state index in [9.17, 15) is 14.7 Å². The number of carbonyl (C=O) groups is 2. The van der Waals surface area contributed by atoms with Crippen LogP contribution in [0.15, 0.2) is 48.5 Å². The van der Waals surface area contributed by atoms with Crippen LogP contribution in [0.3, 0.4) is 0 Å². The van der Waals surface area contributed by atoms with Crippen LogP contribution in [-0.4, -0.2) is 42.5 Å². The van der Waals surface area contributed by atoms with Crippen molar-refractivity contribution < 1.29 is 24.2 Å². The predicted octanol–water partition coefficient (Wildman–Crippen LogP) is 3.37. The van der Waals surface area contributed by atoms with Gasteiger partial charge in [0.15, 0.2) is 5.54 Å². The molecule has 6 heteroatoms. The highest BCUT2D eigenvalue weighted by Gasteiger charge is 2.72. The van der Waals surface area contributed by atoms with Crippen LogP contribution in [0.1, 0.15) is 42.7 Å². The van der Waals surface area contributed by atoms with Crippen molar-refractivity contribution in [3.05, 3.63) is 59.7 Å². The number of carbonyl (C=O) groups excluding carboxylic acids is 2. The van der Waals surface area contributed by atoms with Gasteiger partial charge in [-0.05, 0) is 35.1 Å². The van der Waals surface area contributed by atoms with E-state index in [1.807, 2.05) is 24.3 Å². The van der Waals surface area contributed by atoms with Crippen LogP contribution in [0, 0.1) is 5.41 Å². The van der Waals surface area contributed by atoms with E-state index in [-0.39, 0.29) is 18.9 Å². The molecule has 1 spiro atoms. The minimum absolute atomic E-state index is 0.0538.